The molecule has 34 heavy (non-hydrogen) atoms. The van der Waals surface area contributed by atoms with Gasteiger partial charge in [0.25, 0.3) is 0 Å². The molecule has 2 aromatic carbocycles. The van der Waals surface area contributed by atoms with Crippen LogP contribution in [0.25, 0.3) is 5.57 Å². The summed E-state index contributed by atoms with van der Waals surface area (Å²) in [4.78, 5) is 0. The van der Waals surface area contributed by atoms with Crippen molar-refractivity contribution >= 4 is 21.7 Å². The van der Waals surface area contributed by atoms with Crippen LogP contribution in [-0.4, -0.2) is 21.3 Å². The smallest absolute Gasteiger partial charge is 0.574 e. The first-order chi connectivity index (χ1) is 15.6. The number of benzene rings is 2. The minimum atomic E-state index is -0.981. The molecule has 2 aliphatic carbocycles. The molecule has 0 bridgehead atoms. The van der Waals surface area contributed by atoms with Crippen LogP contribution in [0.5, 0.6) is 0 Å². The van der Waals surface area contributed by atoms with E-state index in [-0.39, 0.29) is 22.4 Å². The van der Waals surface area contributed by atoms with Crippen molar-refractivity contribution in [3.8, 4) is 0 Å². The minimum absolute atomic E-state index is 0. The van der Waals surface area contributed by atoms with E-state index < -0.39 is 16.1 Å². The Bertz CT molecular complexity index is 743. The van der Waals surface area contributed by atoms with Crippen molar-refractivity contribution in [1.82, 2.24) is 0 Å². The number of hydrogen-bond acceptors (Lipinski definition) is 1. The second-order valence-electron chi connectivity index (χ2n) is 10.1. The van der Waals surface area contributed by atoms with Gasteiger partial charge in [-0.1, -0.05) is 75.7 Å². The molecule has 0 atom stereocenters. The molecule has 0 saturated heterocycles. The Labute approximate surface area is 228 Å². The molecule has 4 heteroatoms. The van der Waals surface area contributed by atoms with Crippen LogP contribution in [0.2, 0.25) is 39.3 Å². The summed E-state index contributed by atoms with van der Waals surface area (Å²) in [5.74, 6) is 0. The Morgan fingerprint density at radius 1 is 0.559 bits per heavy atom. The fourth-order valence-electron chi connectivity index (χ4n) is 3.25. The molecule has 2 fully saturated rings. The zero-order valence-corrected chi connectivity index (χ0v) is 25.5. The Morgan fingerprint density at radius 2 is 0.853 bits per heavy atom. The van der Waals surface area contributed by atoms with Crippen molar-refractivity contribution in [3.63, 3.8) is 0 Å². The predicted molar refractivity (Wildman–Crippen MR) is 149 cm³/mol. The van der Waals surface area contributed by atoms with Crippen LogP contribution < -0.4 is 0 Å². The molecule has 0 spiro atoms. The second-order valence-corrected chi connectivity index (χ2v) is 20.2. The van der Waals surface area contributed by atoms with Gasteiger partial charge in [0, 0.05) is 0 Å². The van der Waals surface area contributed by atoms with Crippen molar-refractivity contribution in [2.75, 3.05) is 0 Å². The quantitative estimate of drug-likeness (QED) is 0.228. The maximum atomic E-state index is 9.15. The van der Waals surface area contributed by atoms with Gasteiger partial charge in [-0.05, 0) is 68.7 Å². The van der Waals surface area contributed by atoms with Gasteiger partial charge in [0.15, 0.2) is 0 Å². The summed E-state index contributed by atoms with van der Waals surface area (Å²) in [6, 6.07) is 19.5. The second kappa shape index (κ2) is 15.3. The first-order valence-electron chi connectivity index (χ1n) is 11.4. The number of rotatable bonds is 4. The topological polar surface area (TPSA) is 20.2 Å². The van der Waals surface area contributed by atoms with E-state index >= 15 is 0 Å². The van der Waals surface area contributed by atoms with E-state index in [1.165, 1.54) is 0 Å². The Morgan fingerprint density at radius 3 is 1.06 bits per heavy atom. The fraction of sp³-hybridized carbons (Fsp3) is 0.200. The van der Waals surface area contributed by atoms with Gasteiger partial charge in [0.05, 0.1) is 16.1 Å². The van der Waals surface area contributed by atoms with Crippen LogP contribution in [0.1, 0.15) is 11.1 Å². The first kappa shape index (κ1) is 31.2. The van der Waals surface area contributed by atoms with E-state index in [9.17, 15) is 0 Å². The van der Waals surface area contributed by atoms with Gasteiger partial charge in [0.1, 0.15) is 0 Å². The van der Waals surface area contributed by atoms with Crippen molar-refractivity contribution in [3.05, 3.63) is 141 Å². The van der Waals surface area contributed by atoms with E-state index in [1.54, 1.807) is 11.1 Å². The minimum Gasteiger partial charge on any atom is -0.574 e. The normalized spacial score (nSPS) is 16.4. The van der Waals surface area contributed by atoms with Crippen LogP contribution >= 0.6 is 0 Å². The first-order valence-corrected chi connectivity index (χ1v) is 18.4. The zero-order valence-electron chi connectivity index (χ0n) is 21.3. The Balaban J connectivity index is 0.000000266. The third-order valence-electron chi connectivity index (χ3n) is 5.29. The Kier molecular flexibility index (Phi) is 14.0. The predicted octanol–water partition coefficient (Wildman–Crippen LogP) is 7.97. The number of aliphatic hydroxyl groups is 1. The van der Waals surface area contributed by atoms with Gasteiger partial charge in [-0.3, -0.25) is 0 Å². The molecule has 0 aliphatic heterocycles. The van der Waals surface area contributed by atoms with Crippen LogP contribution in [0, 0.1) is 68.7 Å². The maximum Gasteiger partial charge on any atom is 3.00 e. The molecule has 2 saturated carbocycles. The van der Waals surface area contributed by atoms with Gasteiger partial charge >= 0.3 is 22.4 Å². The van der Waals surface area contributed by atoms with Gasteiger partial charge in [-0.2, -0.15) is 0 Å². The average molecular weight is 563 g/mol. The molecule has 174 valence electrons. The summed E-state index contributed by atoms with van der Waals surface area (Å²) < 4.78 is 0. The zero-order chi connectivity index (χ0) is 24.3. The SMILES string of the molecule is C[Si](C)(C)[C]1[CH][CH][CH][CH]1.C[Si](C)(C)[C]1[CH][CH][CH][CH]1.O[C-]=C(c1ccccc1)c1ccccc1.[Nb+3]. The standard InChI is InChI=1S/C14H11O.2C8H13Si.Nb/c15-11-14(12-7-3-1-4-8-12)13-9-5-2-6-10-13;2*1-9(2,3)8-6-4-5-7-8;/h1-10,15H;2*4-7H,1-3H3;/q-1;;;+3. The molecule has 2 aromatic rings. The molecule has 0 unspecified atom stereocenters. The summed E-state index contributed by atoms with van der Waals surface area (Å²) in [6.07, 6.45) is 19.6. The van der Waals surface area contributed by atoms with Gasteiger partial charge in [0.2, 0.25) is 0 Å². The summed E-state index contributed by atoms with van der Waals surface area (Å²) in [7, 11) is -1.96. The molecule has 0 aromatic heterocycles. The van der Waals surface area contributed by atoms with Gasteiger partial charge < -0.3 is 5.11 Å². The summed E-state index contributed by atoms with van der Waals surface area (Å²) in [5.41, 5.74) is 5.76. The molecule has 10 radical (unpaired) electrons. The maximum absolute atomic E-state index is 9.15. The van der Waals surface area contributed by atoms with E-state index in [0.29, 0.717) is 0 Å². The van der Waals surface area contributed by atoms with Crippen LogP contribution in [0.15, 0.2) is 60.7 Å². The molecule has 1 nitrogen and oxygen atoms in total. The molecular weight excluding hydrogens is 525 g/mol. The molecule has 0 heterocycles. The fourth-order valence-corrected chi connectivity index (χ4v) is 5.64. The van der Waals surface area contributed by atoms with E-state index in [4.69, 9.17) is 5.11 Å². The molecular formula is C30H37NbOSi2+2. The Hall–Kier alpha value is -0.846. The third-order valence-corrected chi connectivity index (χ3v) is 9.42. The monoisotopic (exact) mass is 562 g/mol. The summed E-state index contributed by atoms with van der Waals surface area (Å²) >= 11 is 0. The van der Waals surface area contributed by atoms with Gasteiger partial charge in [-0.15, -0.1) is 41.0 Å². The average Bonchev–Trinajstić information content (AvgIpc) is 3.51. The summed E-state index contributed by atoms with van der Waals surface area (Å²) in [5, 5.41) is 9.15. The van der Waals surface area contributed by atoms with E-state index in [1.807, 2.05) is 60.7 Å². The molecule has 0 amide bonds. The summed E-state index contributed by atoms with van der Waals surface area (Å²) in [6.45, 7) is 14.2. The van der Waals surface area contributed by atoms with Crippen LogP contribution in [0.3, 0.4) is 0 Å². The van der Waals surface area contributed by atoms with Crippen LogP contribution in [-0.2, 0) is 22.4 Å². The molecule has 4 rings (SSSR count). The van der Waals surface area contributed by atoms with Crippen molar-refractivity contribution < 1.29 is 27.5 Å². The van der Waals surface area contributed by atoms with Crippen molar-refractivity contribution in [2.45, 2.75) is 39.3 Å². The van der Waals surface area contributed by atoms with E-state index in [0.717, 1.165) is 16.7 Å². The number of hydrogen-bond donors (Lipinski definition) is 1. The van der Waals surface area contributed by atoms with Gasteiger partial charge in [-0.25, -0.2) is 0 Å². The largest absolute Gasteiger partial charge is 3.00 e. The third kappa shape index (κ3) is 10.8. The number of aliphatic hydroxyl groups excluding tert-OH is 1. The molecule has 1 N–H and O–H groups in total. The van der Waals surface area contributed by atoms with Crippen molar-refractivity contribution in [1.29, 1.82) is 0 Å². The van der Waals surface area contributed by atoms with Crippen LogP contribution in [0.4, 0.5) is 0 Å². The molecule has 2 aliphatic rings. The van der Waals surface area contributed by atoms with E-state index in [2.05, 4.69) is 96.9 Å². The van der Waals surface area contributed by atoms with Crippen molar-refractivity contribution in [2.24, 2.45) is 0 Å².